The van der Waals surface area contributed by atoms with Gasteiger partial charge in [0.2, 0.25) is 0 Å². The second kappa shape index (κ2) is 4.36. The Hall–Kier alpha value is -0.480. The number of amidine groups is 1. The van der Waals surface area contributed by atoms with Gasteiger partial charge in [-0.3, -0.25) is 4.99 Å². The third-order valence-electron chi connectivity index (χ3n) is 1.95. The Kier molecular flexibility index (Phi) is 3.13. The zero-order chi connectivity index (χ0) is 9.97. The van der Waals surface area contributed by atoms with Crippen LogP contribution in [0.2, 0.25) is 0 Å². The van der Waals surface area contributed by atoms with Crippen LogP contribution >= 0.6 is 27.7 Å². The van der Waals surface area contributed by atoms with Gasteiger partial charge in [0.1, 0.15) is 0 Å². The molecule has 0 amide bonds. The summed E-state index contributed by atoms with van der Waals surface area (Å²) in [5, 5.41) is 4.33. The first kappa shape index (κ1) is 10.1. The Balaban J connectivity index is 2.16. The van der Waals surface area contributed by atoms with Crippen molar-refractivity contribution in [2.24, 2.45) is 4.99 Å². The molecule has 1 aromatic rings. The molecule has 1 aliphatic rings. The number of hydrogen-bond acceptors (Lipinski definition) is 3. The molecule has 0 spiro atoms. The van der Waals surface area contributed by atoms with Crippen molar-refractivity contribution in [1.29, 1.82) is 0 Å². The van der Waals surface area contributed by atoms with Gasteiger partial charge in [-0.25, -0.2) is 0 Å². The van der Waals surface area contributed by atoms with Crippen molar-refractivity contribution < 1.29 is 0 Å². The maximum absolute atomic E-state index is 4.34. The number of hydrogen-bond donors (Lipinski definition) is 1. The largest absolute Gasteiger partial charge is 0.334 e. The van der Waals surface area contributed by atoms with Crippen LogP contribution in [0.15, 0.2) is 27.7 Å². The predicted molar refractivity (Wildman–Crippen MR) is 67.3 cm³/mol. The molecule has 74 valence electrons. The highest BCUT2D eigenvalue weighted by Crippen LogP contribution is 2.25. The summed E-state index contributed by atoms with van der Waals surface area (Å²) in [7, 11) is 0. The Morgan fingerprint density at radius 1 is 1.50 bits per heavy atom. The Bertz CT molecular complexity index is 376. The molecule has 0 radical (unpaired) electrons. The van der Waals surface area contributed by atoms with Crippen molar-refractivity contribution >= 4 is 38.5 Å². The fourth-order valence-corrected chi connectivity index (χ4v) is 2.58. The van der Waals surface area contributed by atoms with Crippen molar-refractivity contribution in [2.45, 2.75) is 6.92 Å². The number of halogens is 1. The highest BCUT2D eigenvalue weighted by molar-refractivity contribution is 9.10. The minimum Gasteiger partial charge on any atom is -0.334 e. The standard InChI is InChI=1S/C10H11BrN2S/c1-7-2-3-9(8(11)6-7)13-10-12-4-5-14-10/h2-3,6H,4-5H2,1H3,(H,12,13). The van der Waals surface area contributed by atoms with Crippen LogP contribution in [0.4, 0.5) is 5.69 Å². The van der Waals surface area contributed by atoms with Gasteiger partial charge in [-0.05, 0) is 40.5 Å². The molecular weight excluding hydrogens is 260 g/mol. The molecule has 0 bridgehead atoms. The number of rotatable bonds is 1. The van der Waals surface area contributed by atoms with E-state index in [2.05, 4.69) is 51.4 Å². The molecular formula is C10H11BrN2S. The number of nitrogens with one attached hydrogen (secondary N) is 1. The van der Waals surface area contributed by atoms with Crippen molar-refractivity contribution in [3.05, 3.63) is 28.2 Å². The smallest absolute Gasteiger partial charge is 0.161 e. The lowest BCUT2D eigenvalue weighted by atomic mass is 10.2. The molecule has 1 heterocycles. The van der Waals surface area contributed by atoms with Gasteiger partial charge in [0.15, 0.2) is 5.17 Å². The van der Waals surface area contributed by atoms with Gasteiger partial charge < -0.3 is 5.32 Å². The topological polar surface area (TPSA) is 24.4 Å². The van der Waals surface area contributed by atoms with Crippen molar-refractivity contribution in [1.82, 2.24) is 0 Å². The van der Waals surface area contributed by atoms with E-state index in [1.807, 2.05) is 0 Å². The fourth-order valence-electron chi connectivity index (χ4n) is 1.25. The number of benzene rings is 1. The quantitative estimate of drug-likeness (QED) is 0.847. The van der Waals surface area contributed by atoms with Crippen LogP contribution in [0.3, 0.4) is 0 Å². The predicted octanol–water partition coefficient (Wildman–Crippen LogP) is 3.27. The molecule has 0 aromatic heterocycles. The minimum atomic E-state index is 0.927. The Morgan fingerprint density at radius 2 is 2.36 bits per heavy atom. The molecule has 1 N–H and O–H groups in total. The average molecular weight is 271 g/mol. The van der Waals surface area contributed by atoms with Crippen molar-refractivity contribution in [2.75, 3.05) is 17.6 Å². The summed E-state index contributed by atoms with van der Waals surface area (Å²) < 4.78 is 1.09. The SMILES string of the molecule is Cc1ccc(NC2=NCCS2)c(Br)c1. The van der Waals surface area contributed by atoms with Gasteiger partial charge in [0.05, 0.1) is 12.2 Å². The molecule has 2 rings (SSSR count). The molecule has 1 aromatic carbocycles. The van der Waals surface area contributed by atoms with Crippen LogP contribution in [-0.4, -0.2) is 17.5 Å². The zero-order valence-corrected chi connectivity index (χ0v) is 10.3. The normalized spacial score (nSPS) is 15.4. The first-order valence-corrected chi connectivity index (χ1v) is 6.24. The maximum atomic E-state index is 4.34. The van der Waals surface area contributed by atoms with Crippen LogP contribution in [0.1, 0.15) is 5.56 Å². The lowest BCUT2D eigenvalue weighted by Gasteiger charge is -2.07. The number of thioether (sulfide) groups is 1. The van der Waals surface area contributed by atoms with Gasteiger partial charge in [-0.15, -0.1) is 0 Å². The summed E-state index contributed by atoms with van der Waals surface area (Å²) >= 11 is 5.30. The van der Waals surface area contributed by atoms with E-state index < -0.39 is 0 Å². The molecule has 0 aliphatic carbocycles. The molecule has 14 heavy (non-hydrogen) atoms. The molecule has 0 fully saturated rings. The van der Waals surface area contributed by atoms with E-state index in [4.69, 9.17) is 0 Å². The molecule has 0 saturated heterocycles. The van der Waals surface area contributed by atoms with E-state index >= 15 is 0 Å². The monoisotopic (exact) mass is 270 g/mol. The van der Waals surface area contributed by atoms with Gasteiger partial charge >= 0.3 is 0 Å². The van der Waals surface area contributed by atoms with E-state index in [1.54, 1.807) is 11.8 Å². The van der Waals surface area contributed by atoms with Crippen LogP contribution in [0, 0.1) is 6.92 Å². The summed E-state index contributed by atoms with van der Waals surface area (Å²) in [5.41, 5.74) is 2.34. The van der Waals surface area contributed by atoms with E-state index in [9.17, 15) is 0 Å². The molecule has 0 atom stereocenters. The second-order valence-corrected chi connectivity index (χ2v) is 5.08. The second-order valence-electron chi connectivity index (χ2n) is 3.14. The van der Waals surface area contributed by atoms with Crippen LogP contribution in [0.5, 0.6) is 0 Å². The van der Waals surface area contributed by atoms with Crippen LogP contribution in [-0.2, 0) is 0 Å². The highest BCUT2D eigenvalue weighted by atomic mass is 79.9. The van der Waals surface area contributed by atoms with E-state index in [1.165, 1.54) is 5.56 Å². The number of nitrogens with zero attached hydrogens (tertiary/aromatic N) is 1. The van der Waals surface area contributed by atoms with Crippen molar-refractivity contribution in [3.63, 3.8) is 0 Å². The molecule has 4 heteroatoms. The zero-order valence-electron chi connectivity index (χ0n) is 7.88. The van der Waals surface area contributed by atoms with E-state index in [0.29, 0.717) is 0 Å². The van der Waals surface area contributed by atoms with Gasteiger partial charge in [0, 0.05) is 10.2 Å². The van der Waals surface area contributed by atoms with Gasteiger partial charge in [-0.1, -0.05) is 17.8 Å². The first-order chi connectivity index (χ1) is 6.75. The summed E-state index contributed by atoms with van der Waals surface area (Å²) in [6.45, 7) is 3.01. The molecule has 0 unspecified atom stereocenters. The van der Waals surface area contributed by atoms with Gasteiger partial charge in [-0.2, -0.15) is 0 Å². The van der Waals surface area contributed by atoms with Crippen LogP contribution < -0.4 is 5.32 Å². The molecule has 0 saturated carbocycles. The third kappa shape index (κ3) is 2.30. The average Bonchev–Trinajstić information content (AvgIpc) is 2.62. The fraction of sp³-hybridized carbons (Fsp3) is 0.300. The Morgan fingerprint density at radius 3 is 3.00 bits per heavy atom. The van der Waals surface area contributed by atoms with Crippen molar-refractivity contribution in [3.8, 4) is 0 Å². The minimum absolute atomic E-state index is 0.927. The first-order valence-electron chi connectivity index (χ1n) is 4.46. The lowest BCUT2D eigenvalue weighted by Crippen LogP contribution is -2.05. The number of aryl methyl sites for hydroxylation is 1. The third-order valence-corrected chi connectivity index (χ3v) is 3.50. The summed E-state index contributed by atoms with van der Waals surface area (Å²) in [6, 6.07) is 6.26. The Labute approximate surface area is 96.3 Å². The number of anilines is 1. The maximum Gasteiger partial charge on any atom is 0.161 e. The summed E-state index contributed by atoms with van der Waals surface area (Å²) in [6.07, 6.45) is 0. The molecule has 2 nitrogen and oxygen atoms in total. The summed E-state index contributed by atoms with van der Waals surface area (Å²) in [4.78, 5) is 4.34. The number of aliphatic imine (C=N–C) groups is 1. The summed E-state index contributed by atoms with van der Waals surface area (Å²) in [5.74, 6) is 1.09. The lowest BCUT2D eigenvalue weighted by molar-refractivity contribution is 1.17. The van der Waals surface area contributed by atoms with Crippen LogP contribution in [0.25, 0.3) is 0 Å². The van der Waals surface area contributed by atoms with E-state index in [-0.39, 0.29) is 0 Å². The van der Waals surface area contributed by atoms with Gasteiger partial charge in [0.25, 0.3) is 0 Å². The highest BCUT2D eigenvalue weighted by Gasteiger charge is 2.08. The van der Waals surface area contributed by atoms with E-state index in [0.717, 1.165) is 27.6 Å². The molecule has 1 aliphatic heterocycles.